The van der Waals surface area contributed by atoms with Gasteiger partial charge in [-0.15, -0.1) is 0 Å². The minimum absolute atomic E-state index is 0.833. The van der Waals surface area contributed by atoms with Crippen LogP contribution in [0.2, 0.25) is 0 Å². The van der Waals surface area contributed by atoms with E-state index in [0.29, 0.717) is 0 Å². The highest BCUT2D eigenvalue weighted by Gasteiger charge is 1.65. The molecule has 0 fully saturated rings. The van der Waals surface area contributed by atoms with E-state index in [9.17, 15) is 0 Å². The van der Waals surface area contributed by atoms with Crippen LogP contribution in [0.1, 0.15) is 34.1 Å². The van der Waals surface area contributed by atoms with E-state index in [-0.39, 0.29) is 0 Å². The molecule has 2 N–H and O–H groups in total. The molecule has 0 atom stereocenters. The predicted molar refractivity (Wildman–Crippen MR) is 42.6 cm³/mol. The number of hydrogen-bond acceptors (Lipinski definition) is 2. The average molecular weight is 164 g/mol. The Hall–Kier alpha value is -1.06. The summed E-state index contributed by atoms with van der Waals surface area (Å²) in [6, 6.07) is 0. The lowest BCUT2D eigenvalue weighted by Gasteiger charge is -1.59. The number of carboxylic acid groups (broad SMARTS) is 2. The summed E-state index contributed by atoms with van der Waals surface area (Å²) in [5.41, 5.74) is 0. The van der Waals surface area contributed by atoms with Crippen molar-refractivity contribution in [2.24, 2.45) is 0 Å². The van der Waals surface area contributed by atoms with Gasteiger partial charge in [0.2, 0.25) is 0 Å². The van der Waals surface area contributed by atoms with Gasteiger partial charge in [-0.2, -0.15) is 0 Å². The first-order valence-electron chi connectivity index (χ1n) is 3.27. The van der Waals surface area contributed by atoms with Gasteiger partial charge in [0.15, 0.2) is 0 Å². The highest BCUT2D eigenvalue weighted by atomic mass is 16.4. The molecule has 0 saturated carbocycles. The fourth-order valence-corrected chi connectivity index (χ4v) is 0. The lowest BCUT2D eigenvalue weighted by Crippen LogP contribution is -1.78. The number of carbonyl (C=O) groups is 2. The van der Waals surface area contributed by atoms with Gasteiger partial charge in [-0.3, -0.25) is 9.59 Å². The van der Waals surface area contributed by atoms with Gasteiger partial charge in [-0.25, -0.2) is 0 Å². The second-order valence-corrected chi connectivity index (χ2v) is 1.75. The van der Waals surface area contributed by atoms with Crippen LogP contribution in [0.5, 0.6) is 0 Å². The normalized spacial score (nSPS) is 6.18. The van der Waals surface area contributed by atoms with Crippen molar-refractivity contribution in [2.75, 3.05) is 0 Å². The molecule has 0 rings (SSSR count). The Kier molecular flexibility index (Phi) is 24.0. The smallest absolute Gasteiger partial charge is 0.300 e. The maximum absolute atomic E-state index is 9.00. The Morgan fingerprint density at radius 3 is 1.00 bits per heavy atom. The molecule has 0 aromatic carbocycles. The molecule has 0 saturated heterocycles. The van der Waals surface area contributed by atoms with Crippen LogP contribution in [0, 0.1) is 0 Å². The second kappa shape index (κ2) is 16.0. The van der Waals surface area contributed by atoms with E-state index in [1.54, 1.807) is 0 Å². The van der Waals surface area contributed by atoms with Crippen LogP contribution in [0.25, 0.3) is 0 Å². The lowest BCUT2D eigenvalue weighted by molar-refractivity contribution is -0.135. The third kappa shape index (κ3) is 383. The molecule has 0 bridgehead atoms. The highest BCUT2D eigenvalue weighted by Crippen LogP contribution is 1.56. The van der Waals surface area contributed by atoms with Gasteiger partial charge in [-0.05, 0) is 0 Å². The van der Waals surface area contributed by atoms with E-state index in [1.807, 2.05) is 0 Å². The molecule has 0 aromatic rings. The predicted octanol–water partition coefficient (Wildman–Crippen LogP) is 1.60. The monoisotopic (exact) mass is 164 g/mol. The minimum atomic E-state index is -0.833. The Bertz CT molecular complexity index is 78.6. The van der Waals surface area contributed by atoms with Gasteiger partial charge >= 0.3 is 0 Å². The molecule has 0 radical (unpaired) electrons. The van der Waals surface area contributed by atoms with Crippen molar-refractivity contribution in [2.45, 2.75) is 34.1 Å². The molecule has 0 amide bonds. The van der Waals surface area contributed by atoms with Gasteiger partial charge in [0.25, 0.3) is 11.9 Å². The summed E-state index contributed by atoms with van der Waals surface area (Å²) in [5.74, 6) is -1.67. The quantitative estimate of drug-likeness (QED) is 0.570. The summed E-state index contributed by atoms with van der Waals surface area (Å²) in [7, 11) is 0. The van der Waals surface area contributed by atoms with E-state index < -0.39 is 11.9 Å². The van der Waals surface area contributed by atoms with Crippen LogP contribution in [0.15, 0.2) is 0 Å². The van der Waals surface area contributed by atoms with Gasteiger partial charge in [0, 0.05) is 13.8 Å². The van der Waals surface area contributed by atoms with Crippen LogP contribution in [-0.2, 0) is 9.59 Å². The fraction of sp³-hybridized carbons (Fsp3) is 0.714. The zero-order valence-electron chi connectivity index (χ0n) is 7.42. The first-order valence-corrected chi connectivity index (χ1v) is 3.27. The Morgan fingerprint density at radius 2 is 1.00 bits per heavy atom. The zero-order chi connectivity index (χ0) is 9.86. The van der Waals surface area contributed by atoms with Gasteiger partial charge in [0.1, 0.15) is 0 Å². The molecule has 0 unspecified atom stereocenters. The first-order chi connectivity index (χ1) is 4.88. The molecule has 0 aliphatic heterocycles. The van der Waals surface area contributed by atoms with Crippen LogP contribution in [0.3, 0.4) is 0 Å². The molecular weight excluding hydrogens is 148 g/mol. The Morgan fingerprint density at radius 1 is 1.00 bits per heavy atom. The van der Waals surface area contributed by atoms with Crippen molar-refractivity contribution in [3.63, 3.8) is 0 Å². The number of aliphatic carboxylic acids is 2. The number of hydrogen-bond donors (Lipinski definition) is 2. The van der Waals surface area contributed by atoms with Crippen LogP contribution >= 0.6 is 0 Å². The average Bonchev–Trinajstić information content (AvgIpc) is 1.60. The summed E-state index contributed by atoms with van der Waals surface area (Å²) < 4.78 is 0. The topological polar surface area (TPSA) is 74.6 Å². The minimum Gasteiger partial charge on any atom is -0.481 e. The summed E-state index contributed by atoms with van der Waals surface area (Å²) in [6.45, 7) is 6.42. The van der Waals surface area contributed by atoms with Crippen molar-refractivity contribution >= 4 is 11.9 Å². The van der Waals surface area contributed by atoms with Gasteiger partial charge in [-0.1, -0.05) is 20.3 Å². The van der Waals surface area contributed by atoms with Crippen molar-refractivity contribution in [1.82, 2.24) is 0 Å². The van der Waals surface area contributed by atoms with Crippen molar-refractivity contribution < 1.29 is 19.8 Å². The third-order valence-corrected chi connectivity index (χ3v) is 0. The molecule has 0 aliphatic rings. The first kappa shape index (κ1) is 16.5. The van der Waals surface area contributed by atoms with Crippen molar-refractivity contribution in [3.8, 4) is 0 Å². The molecule has 0 aliphatic carbocycles. The van der Waals surface area contributed by atoms with Gasteiger partial charge < -0.3 is 10.2 Å². The second-order valence-electron chi connectivity index (χ2n) is 1.75. The summed E-state index contributed by atoms with van der Waals surface area (Å²) >= 11 is 0. The third-order valence-electron chi connectivity index (χ3n) is 0. The summed E-state index contributed by atoms with van der Waals surface area (Å²) in [6.07, 6.45) is 1.25. The number of rotatable bonds is 0. The van der Waals surface area contributed by atoms with Crippen molar-refractivity contribution in [3.05, 3.63) is 0 Å². The zero-order valence-corrected chi connectivity index (χ0v) is 7.42. The van der Waals surface area contributed by atoms with Gasteiger partial charge in [0.05, 0.1) is 0 Å². The van der Waals surface area contributed by atoms with Crippen LogP contribution in [0.4, 0.5) is 0 Å². The van der Waals surface area contributed by atoms with Crippen LogP contribution in [-0.4, -0.2) is 22.2 Å². The van der Waals surface area contributed by atoms with Crippen molar-refractivity contribution in [1.29, 1.82) is 0 Å². The molecule has 0 spiro atoms. The molecule has 0 aromatic heterocycles. The standard InChI is InChI=1S/C3H8.2C2H4O2/c1-3-2;2*1-2(3)4/h3H2,1-2H3;2*1H3,(H,3,4). The fourth-order valence-electron chi connectivity index (χ4n) is 0. The Balaban J connectivity index is -0.0000000886. The van der Waals surface area contributed by atoms with E-state index in [4.69, 9.17) is 19.8 Å². The maximum atomic E-state index is 9.00. The SMILES string of the molecule is CC(=O)O.CC(=O)O.CCC. The van der Waals surface area contributed by atoms with E-state index in [2.05, 4.69) is 13.8 Å². The van der Waals surface area contributed by atoms with E-state index >= 15 is 0 Å². The molecule has 68 valence electrons. The van der Waals surface area contributed by atoms with Crippen LogP contribution < -0.4 is 0 Å². The lowest BCUT2D eigenvalue weighted by atomic mass is 10.6. The molecule has 0 heterocycles. The molecular formula is C7H16O4. The summed E-state index contributed by atoms with van der Waals surface area (Å²) in [4.78, 5) is 18.0. The maximum Gasteiger partial charge on any atom is 0.300 e. The Labute approximate surface area is 66.9 Å². The summed E-state index contributed by atoms with van der Waals surface area (Å²) in [5, 5.41) is 14.8. The molecule has 4 heteroatoms. The molecule has 4 nitrogen and oxygen atoms in total. The largest absolute Gasteiger partial charge is 0.481 e. The molecule has 11 heavy (non-hydrogen) atoms. The van der Waals surface area contributed by atoms with E-state index in [0.717, 1.165) is 13.8 Å². The number of carboxylic acids is 2. The van der Waals surface area contributed by atoms with E-state index in [1.165, 1.54) is 6.42 Å². The highest BCUT2D eigenvalue weighted by molar-refractivity contribution is 5.63.